The first-order valence-corrected chi connectivity index (χ1v) is 6.58. The van der Waals surface area contributed by atoms with Crippen molar-refractivity contribution in [3.8, 4) is 0 Å². The van der Waals surface area contributed by atoms with Gasteiger partial charge in [-0.05, 0) is 24.1 Å². The first-order valence-electron chi connectivity index (χ1n) is 5.70. The zero-order valence-electron chi connectivity index (χ0n) is 10.2. The largest absolute Gasteiger partial charge is 0.380 e. The number of hydrogen-bond donors (Lipinski definition) is 0. The van der Waals surface area contributed by atoms with Crippen molar-refractivity contribution >= 4 is 17.7 Å². The van der Waals surface area contributed by atoms with Gasteiger partial charge in [-0.1, -0.05) is 12.1 Å². The number of methoxy groups -OCH3 is 1. The van der Waals surface area contributed by atoms with Gasteiger partial charge < -0.3 is 9.64 Å². The second-order valence-corrected chi connectivity index (χ2v) is 5.51. The average molecular weight is 251 g/mol. The minimum absolute atomic E-state index is 0.0910. The van der Waals surface area contributed by atoms with E-state index in [0.29, 0.717) is 6.61 Å². The summed E-state index contributed by atoms with van der Waals surface area (Å²) in [5.41, 5.74) is 1.16. The van der Waals surface area contributed by atoms with Gasteiger partial charge >= 0.3 is 0 Å². The van der Waals surface area contributed by atoms with E-state index in [4.69, 9.17) is 4.74 Å². The summed E-state index contributed by atoms with van der Waals surface area (Å²) in [6, 6.07) is 8.22. The molecule has 1 aromatic carbocycles. The van der Waals surface area contributed by atoms with Crippen molar-refractivity contribution in [2.75, 3.05) is 20.7 Å². The third kappa shape index (κ3) is 3.01. The summed E-state index contributed by atoms with van der Waals surface area (Å²) in [7, 11) is 3.56. The molecule has 17 heavy (non-hydrogen) atoms. The molecule has 1 saturated heterocycles. The zero-order valence-corrected chi connectivity index (χ0v) is 11.0. The van der Waals surface area contributed by atoms with E-state index in [2.05, 4.69) is 24.3 Å². The van der Waals surface area contributed by atoms with Crippen LogP contribution in [0.15, 0.2) is 29.2 Å². The molecular formula is C13H17NO2S. The second kappa shape index (κ2) is 5.56. The molecule has 1 amide bonds. The summed E-state index contributed by atoms with van der Waals surface area (Å²) in [4.78, 5) is 14.7. The van der Waals surface area contributed by atoms with Crippen LogP contribution in [0.2, 0.25) is 0 Å². The van der Waals surface area contributed by atoms with Crippen molar-refractivity contribution in [1.82, 2.24) is 4.90 Å². The highest BCUT2D eigenvalue weighted by Crippen LogP contribution is 2.30. The van der Waals surface area contributed by atoms with Crippen molar-refractivity contribution in [2.45, 2.75) is 23.2 Å². The highest BCUT2D eigenvalue weighted by molar-refractivity contribution is 8.00. The fraction of sp³-hybridized carbons (Fsp3) is 0.462. The van der Waals surface area contributed by atoms with E-state index in [1.807, 2.05) is 7.05 Å². The Hall–Kier alpha value is -1.00. The SMILES string of the molecule is COCc1ccc(S[C@H]2CCN(C)C2=O)cc1. The normalized spacial score (nSPS) is 20.0. The summed E-state index contributed by atoms with van der Waals surface area (Å²) in [6.07, 6.45) is 0.944. The van der Waals surface area contributed by atoms with E-state index < -0.39 is 0 Å². The third-order valence-corrected chi connectivity index (χ3v) is 4.16. The standard InChI is InChI=1S/C13H17NO2S/c1-14-8-7-12(13(14)15)17-11-5-3-10(4-6-11)9-16-2/h3-6,12H,7-9H2,1-2H3/t12-/m0/s1. The van der Waals surface area contributed by atoms with Crippen LogP contribution in [0.4, 0.5) is 0 Å². The van der Waals surface area contributed by atoms with Gasteiger partial charge in [0.05, 0.1) is 11.9 Å². The molecule has 0 unspecified atom stereocenters. The molecule has 92 valence electrons. The van der Waals surface area contributed by atoms with Gasteiger partial charge in [0.25, 0.3) is 0 Å². The topological polar surface area (TPSA) is 29.5 Å². The van der Waals surface area contributed by atoms with Crippen LogP contribution in [-0.2, 0) is 16.1 Å². The van der Waals surface area contributed by atoms with Gasteiger partial charge in [0.1, 0.15) is 0 Å². The first-order chi connectivity index (χ1) is 8.20. The van der Waals surface area contributed by atoms with E-state index in [1.165, 1.54) is 0 Å². The number of nitrogens with zero attached hydrogens (tertiary/aromatic N) is 1. The molecular weight excluding hydrogens is 234 g/mol. The number of thioether (sulfide) groups is 1. The van der Waals surface area contributed by atoms with Gasteiger partial charge in [0, 0.05) is 25.6 Å². The molecule has 1 fully saturated rings. The van der Waals surface area contributed by atoms with E-state index in [-0.39, 0.29) is 11.2 Å². The maximum Gasteiger partial charge on any atom is 0.235 e. The number of benzene rings is 1. The number of amides is 1. The average Bonchev–Trinajstić information content (AvgIpc) is 2.64. The highest BCUT2D eigenvalue weighted by atomic mass is 32.2. The predicted molar refractivity (Wildman–Crippen MR) is 69.1 cm³/mol. The fourth-order valence-corrected chi connectivity index (χ4v) is 3.02. The van der Waals surface area contributed by atoms with E-state index in [1.54, 1.807) is 23.8 Å². The molecule has 1 aliphatic heterocycles. The summed E-state index contributed by atoms with van der Waals surface area (Å²) in [6.45, 7) is 1.51. The molecule has 1 atom stereocenters. The Labute approximate surface area is 106 Å². The zero-order chi connectivity index (χ0) is 12.3. The Kier molecular flexibility index (Phi) is 4.07. The van der Waals surface area contributed by atoms with Gasteiger partial charge in [-0.25, -0.2) is 0 Å². The van der Waals surface area contributed by atoms with E-state index in [9.17, 15) is 4.79 Å². The molecule has 3 nitrogen and oxygen atoms in total. The van der Waals surface area contributed by atoms with Gasteiger partial charge in [-0.15, -0.1) is 11.8 Å². The lowest BCUT2D eigenvalue weighted by Gasteiger charge is -2.10. The number of hydrogen-bond acceptors (Lipinski definition) is 3. The molecule has 0 aromatic heterocycles. The number of ether oxygens (including phenoxy) is 1. The van der Waals surface area contributed by atoms with Crippen molar-refractivity contribution in [1.29, 1.82) is 0 Å². The summed E-state index contributed by atoms with van der Waals surface area (Å²) in [5.74, 6) is 0.246. The van der Waals surface area contributed by atoms with Crippen molar-refractivity contribution < 1.29 is 9.53 Å². The molecule has 0 aliphatic carbocycles. The predicted octanol–water partition coefficient (Wildman–Crippen LogP) is 2.16. The monoisotopic (exact) mass is 251 g/mol. The van der Waals surface area contributed by atoms with Crippen LogP contribution in [0.5, 0.6) is 0 Å². The smallest absolute Gasteiger partial charge is 0.235 e. The highest BCUT2D eigenvalue weighted by Gasteiger charge is 2.29. The lowest BCUT2D eigenvalue weighted by atomic mass is 10.2. The Morgan fingerprint density at radius 3 is 2.65 bits per heavy atom. The van der Waals surface area contributed by atoms with Crippen molar-refractivity contribution in [3.63, 3.8) is 0 Å². The minimum atomic E-state index is 0.0910. The lowest BCUT2D eigenvalue weighted by molar-refractivity contribution is -0.126. The number of rotatable bonds is 4. The third-order valence-electron chi connectivity index (χ3n) is 2.89. The van der Waals surface area contributed by atoms with Gasteiger partial charge in [-0.3, -0.25) is 4.79 Å². The van der Waals surface area contributed by atoms with Gasteiger partial charge in [0.2, 0.25) is 5.91 Å². The Bertz CT molecular complexity index is 391. The fourth-order valence-electron chi connectivity index (χ4n) is 1.89. The van der Waals surface area contributed by atoms with Crippen LogP contribution < -0.4 is 0 Å². The molecule has 0 spiro atoms. The van der Waals surface area contributed by atoms with Crippen molar-refractivity contribution in [2.24, 2.45) is 0 Å². The molecule has 0 N–H and O–H groups in total. The molecule has 0 saturated carbocycles. The summed E-state index contributed by atoms with van der Waals surface area (Å²) < 4.78 is 5.06. The lowest BCUT2D eigenvalue weighted by Crippen LogP contribution is -2.23. The quantitative estimate of drug-likeness (QED) is 0.821. The molecule has 1 aliphatic rings. The van der Waals surface area contributed by atoms with Crippen LogP contribution in [0, 0.1) is 0 Å². The molecule has 1 aromatic rings. The number of carbonyl (C=O) groups excluding carboxylic acids is 1. The Morgan fingerprint density at radius 1 is 1.41 bits per heavy atom. The van der Waals surface area contributed by atoms with E-state index >= 15 is 0 Å². The molecule has 0 bridgehead atoms. The minimum Gasteiger partial charge on any atom is -0.380 e. The Balaban J connectivity index is 1.97. The molecule has 1 heterocycles. The molecule has 2 rings (SSSR count). The first kappa shape index (κ1) is 12.5. The van der Waals surface area contributed by atoms with Crippen LogP contribution in [0.1, 0.15) is 12.0 Å². The van der Waals surface area contributed by atoms with Crippen LogP contribution >= 0.6 is 11.8 Å². The van der Waals surface area contributed by atoms with E-state index in [0.717, 1.165) is 23.4 Å². The van der Waals surface area contributed by atoms with Gasteiger partial charge in [-0.2, -0.15) is 0 Å². The van der Waals surface area contributed by atoms with Gasteiger partial charge in [0.15, 0.2) is 0 Å². The summed E-state index contributed by atoms with van der Waals surface area (Å²) >= 11 is 1.66. The molecule has 0 radical (unpaired) electrons. The maximum atomic E-state index is 11.8. The second-order valence-electron chi connectivity index (χ2n) is 4.23. The van der Waals surface area contributed by atoms with Crippen molar-refractivity contribution in [3.05, 3.63) is 29.8 Å². The number of likely N-dealkylation sites (tertiary alicyclic amines) is 1. The summed E-state index contributed by atoms with van der Waals surface area (Å²) in [5, 5.41) is 0.0910. The maximum absolute atomic E-state index is 11.8. The van der Waals surface area contributed by atoms with Crippen LogP contribution in [-0.4, -0.2) is 36.8 Å². The number of carbonyl (C=O) groups is 1. The van der Waals surface area contributed by atoms with Crippen LogP contribution in [0.25, 0.3) is 0 Å². The Morgan fingerprint density at radius 2 is 2.12 bits per heavy atom. The molecule has 4 heteroatoms. The van der Waals surface area contributed by atoms with Crippen LogP contribution in [0.3, 0.4) is 0 Å².